The van der Waals surface area contributed by atoms with E-state index in [1.165, 1.54) is 55.0 Å². The third-order valence-electron chi connectivity index (χ3n) is 4.11. The van der Waals surface area contributed by atoms with Gasteiger partial charge in [0.2, 0.25) is 0 Å². The topological polar surface area (TPSA) is 27.8 Å². The quantitative estimate of drug-likeness (QED) is 0.783. The largest absolute Gasteiger partial charge is 0.361 e. The van der Waals surface area contributed by atoms with E-state index in [1.807, 2.05) is 6.20 Å². The molecule has 2 nitrogen and oxygen atoms in total. The van der Waals surface area contributed by atoms with E-state index in [0.29, 0.717) is 0 Å². The maximum absolute atomic E-state index is 3.74. The van der Waals surface area contributed by atoms with Gasteiger partial charge in [-0.25, -0.2) is 0 Å². The maximum atomic E-state index is 3.74. The number of fused-ring (bicyclic) bond motifs is 1. The molecule has 1 fully saturated rings. The van der Waals surface area contributed by atoms with Crippen LogP contribution in [0.1, 0.15) is 44.1 Å². The van der Waals surface area contributed by atoms with Gasteiger partial charge in [-0.15, -0.1) is 0 Å². The van der Waals surface area contributed by atoms with E-state index in [9.17, 15) is 0 Å². The zero-order chi connectivity index (χ0) is 12.2. The average molecular weight is 242 g/mol. The van der Waals surface area contributed by atoms with E-state index in [-0.39, 0.29) is 0 Å². The second-order valence-electron chi connectivity index (χ2n) is 5.43. The molecule has 2 N–H and O–H groups in total. The normalized spacial score (nSPS) is 18.0. The van der Waals surface area contributed by atoms with Crippen LogP contribution in [0.4, 0.5) is 0 Å². The zero-order valence-electron chi connectivity index (χ0n) is 10.9. The summed E-state index contributed by atoms with van der Waals surface area (Å²) < 4.78 is 0. The minimum Gasteiger partial charge on any atom is -0.361 e. The van der Waals surface area contributed by atoms with Crippen molar-refractivity contribution in [2.75, 3.05) is 0 Å². The minimum absolute atomic E-state index is 0.720. The van der Waals surface area contributed by atoms with Crippen molar-refractivity contribution in [3.63, 3.8) is 0 Å². The second-order valence-corrected chi connectivity index (χ2v) is 5.43. The smallest absolute Gasteiger partial charge is 0.0499 e. The van der Waals surface area contributed by atoms with E-state index in [4.69, 9.17) is 0 Å². The van der Waals surface area contributed by atoms with Gasteiger partial charge in [0, 0.05) is 24.3 Å². The molecule has 0 aliphatic heterocycles. The van der Waals surface area contributed by atoms with Crippen molar-refractivity contribution in [2.45, 2.75) is 51.1 Å². The molecule has 0 spiro atoms. The van der Waals surface area contributed by atoms with Crippen LogP contribution in [-0.2, 0) is 6.54 Å². The monoisotopic (exact) mass is 242 g/mol. The molecule has 1 saturated carbocycles. The molecular weight excluding hydrogens is 220 g/mol. The lowest BCUT2D eigenvalue weighted by Gasteiger charge is -2.16. The van der Waals surface area contributed by atoms with E-state index in [1.54, 1.807) is 0 Å². The first-order chi connectivity index (χ1) is 8.93. The molecular formula is C16H22N2. The molecule has 1 aromatic heterocycles. The molecule has 3 rings (SSSR count). The van der Waals surface area contributed by atoms with E-state index in [0.717, 1.165) is 12.6 Å². The van der Waals surface area contributed by atoms with Crippen LogP contribution in [0, 0.1) is 0 Å². The minimum atomic E-state index is 0.720. The molecule has 2 aromatic rings. The van der Waals surface area contributed by atoms with Gasteiger partial charge in [-0.1, -0.05) is 43.9 Å². The average Bonchev–Trinajstić information content (AvgIpc) is 2.73. The van der Waals surface area contributed by atoms with Gasteiger partial charge >= 0.3 is 0 Å². The summed E-state index contributed by atoms with van der Waals surface area (Å²) in [5.74, 6) is 0. The summed E-state index contributed by atoms with van der Waals surface area (Å²) in [4.78, 5) is 3.35. The standard InChI is InChI=1S/C16H22N2/c1-2-4-9-15(8-3-1)18-12-14-7-5-6-13-10-11-17-16(13)14/h5-7,10-11,15,17-18H,1-4,8-9,12H2. The number of benzene rings is 1. The highest BCUT2D eigenvalue weighted by Gasteiger charge is 2.11. The van der Waals surface area contributed by atoms with Crippen molar-refractivity contribution in [1.82, 2.24) is 10.3 Å². The Kier molecular flexibility index (Phi) is 3.65. The van der Waals surface area contributed by atoms with E-state index < -0.39 is 0 Å². The van der Waals surface area contributed by atoms with E-state index >= 15 is 0 Å². The van der Waals surface area contributed by atoms with Crippen molar-refractivity contribution in [3.05, 3.63) is 36.0 Å². The number of aromatic nitrogens is 1. The van der Waals surface area contributed by atoms with Crippen LogP contribution in [0.25, 0.3) is 10.9 Å². The van der Waals surface area contributed by atoms with Crippen molar-refractivity contribution in [3.8, 4) is 0 Å². The number of nitrogens with one attached hydrogen (secondary N) is 2. The van der Waals surface area contributed by atoms with Crippen molar-refractivity contribution < 1.29 is 0 Å². The molecule has 1 aliphatic rings. The Morgan fingerprint density at radius 1 is 1.06 bits per heavy atom. The maximum Gasteiger partial charge on any atom is 0.0499 e. The molecule has 1 aromatic carbocycles. The SMILES string of the molecule is c1cc(CNC2CCCCCC2)c2[nH]ccc2c1. The lowest BCUT2D eigenvalue weighted by molar-refractivity contribution is 0.460. The van der Waals surface area contributed by atoms with E-state index in [2.05, 4.69) is 34.6 Å². The molecule has 0 radical (unpaired) electrons. The number of hydrogen-bond donors (Lipinski definition) is 2. The number of hydrogen-bond acceptors (Lipinski definition) is 1. The Hall–Kier alpha value is -1.28. The summed E-state index contributed by atoms with van der Waals surface area (Å²) in [6, 6.07) is 9.41. The fraction of sp³-hybridized carbons (Fsp3) is 0.500. The Labute approximate surface area is 109 Å². The summed E-state index contributed by atoms with van der Waals surface area (Å²) in [6.45, 7) is 0.989. The number of H-pyrrole nitrogens is 1. The fourth-order valence-electron chi connectivity index (χ4n) is 3.03. The molecule has 96 valence electrons. The van der Waals surface area contributed by atoms with Crippen LogP contribution in [0.15, 0.2) is 30.5 Å². The Balaban J connectivity index is 1.67. The van der Waals surface area contributed by atoms with Gasteiger partial charge in [-0.05, 0) is 29.9 Å². The third kappa shape index (κ3) is 2.59. The van der Waals surface area contributed by atoms with Crippen LogP contribution in [0.3, 0.4) is 0 Å². The van der Waals surface area contributed by atoms with Gasteiger partial charge in [0.05, 0.1) is 0 Å². The van der Waals surface area contributed by atoms with Gasteiger partial charge in [-0.3, -0.25) is 0 Å². The molecule has 1 heterocycles. The summed E-state index contributed by atoms with van der Waals surface area (Å²) in [5.41, 5.74) is 2.68. The summed E-state index contributed by atoms with van der Waals surface area (Å²) >= 11 is 0. The van der Waals surface area contributed by atoms with Crippen LogP contribution < -0.4 is 5.32 Å². The fourth-order valence-corrected chi connectivity index (χ4v) is 3.03. The second kappa shape index (κ2) is 5.57. The Morgan fingerprint density at radius 2 is 1.89 bits per heavy atom. The highest BCUT2D eigenvalue weighted by molar-refractivity contribution is 5.82. The van der Waals surface area contributed by atoms with Gasteiger partial charge in [0.1, 0.15) is 0 Å². The third-order valence-corrected chi connectivity index (χ3v) is 4.11. The zero-order valence-corrected chi connectivity index (χ0v) is 10.9. The first-order valence-electron chi connectivity index (χ1n) is 7.22. The van der Waals surface area contributed by atoms with Crippen LogP contribution >= 0.6 is 0 Å². The highest BCUT2D eigenvalue weighted by Crippen LogP contribution is 2.20. The molecule has 18 heavy (non-hydrogen) atoms. The first-order valence-corrected chi connectivity index (χ1v) is 7.22. The number of rotatable bonds is 3. The summed E-state index contributed by atoms with van der Waals surface area (Å²) in [7, 11) is 0. The molecule has 0 unspecified atom stereocenters. The van der Waals surface area contributed by atoms with Crippen LogP contribution in [0.5, 0.6) is 0 Å². The van der Waals surface area contributed by atoms with Gasteiger partial charge in [0.25, 0.3) is 0 Å². The lowest BCUT2D eigenvalue weighted by atomic mass is 10.1. The Morgan fingerprint density at radius 3 is 2.72 bits per heavy atom. The molecule has 1 aliphatic carbocycles. The predicted molar refractivity (Wildman–Crippen MR) is 76.6 cm³/mol. The predicted octanol–water partition coefficient (Wildman–Crippen LogP) is 3.98. The highest BCUT2D eigenvalue weighted by atomic mass is 14.9. The van der Waals surface area contributed by atoms with Crippen molar-refractivity contribution in [2.24, 2.45) is 0 Å². The molecule has 2 heteroatoms. The summed E-state index contributed by atoms with van der Waals surface area (Å²) in [5, 5.41) is 5.05. The Bertz CT molecular complexity index is 493. The van der Waals surface area contributed by atoms with Gasteiger partial charge in [-0.2, -0.15) is 0 Å². The lowest BCUT2D eigenvalue weighted by Crippen LogP contribution is -2.27. The number of aromatic amines is 1. The van der Waals surface area contributed by atoms with Crippen LogP contribution in [0.2, 0.25) is 0 Å². The first kappa shape index (κ1) is 11.8. The molecule has 0 saturated heterocycles. The molecule has 0 bridgehead atoms. The molecule has 0 amide bonds. The number of para-hydroxylation sites is 1. The summed E-state index contributed by atoms with van der Waals surface area (Å²) in [6.07, 6.45) is 10.4. The van der Waals surface area contributed by atoms with Crippen LogP contribution in [-0.4, -0.2) is 11.0 Å². The van der Waals surface area contributed by atoms with Crippen molar-refractivity contribution in [1.29, 1.82) is 0 Å². The van der Waals surface area contributed by atoms with Gasteiger partial charge in [0.15, 0.2) is 0 Å². The van der Waals surface area contributed by atoms with Crippen molar-refractivity contribution >= 4 is 10.9 Å². The van der Waals surface area contributed by atoms with Gasteiger partial charge < -0.3 is 10.3 Å². The molecule has 0 atom stereocenters.